The molecule has 5 aliphatic rings. The van der Waals surface area contributed by atoms with E-state index in [0.29, 0.717) is 19.6 Å². The highest BCUT2D eigenvalue weighted by molar-refractivity contribution is 6.30. The third-order valence-electron chi connectivity index (χ3n) is 9.60. The van der Waals surface area contributed by atoms with Gasteiger partial charge in [-0.1, -0.05) is 12.1 Å². The van der Waals surface area contributed by atoms with Gasteiger partial charge in [-0.25, -0.2) is 4.39 Å². The number of phenols is 2. The highest BCUT2D eigenvalue weighted by atomic mass is 19.1. The Hall–Kier alpha value is -3.30. The van der Waals surface area contributed by atoms with Gasteiger partial charge in [0.05, 0.1) is 35.5 Å². The molecule has 3 fully saturated rings. The number of halogens is 1. The number of Topliss-reactive ketones (excluding diaryl/α,β-unsaturated/α-hetero) is 1. The molecule has 0 spiro atoms. The first-order chi connectivity index (χ1) is 20.9. The number of ether oxygens (including phenoxy) is 5. The van der Waals surface area contributed by atoms with Gasteiger partial charge in [0, 0.05) is 55.6 Å². The van der Waals surface area contributed by atoms with Crippen LogP contribution in [0.5, 0.6) is 11.5 Å². The molecule has 1 unspecified atom stereocenters. The minimum atomic E-state index is -2.03. The van der Waals surface area contributed by atoms with Crippen molar-refractivity contribution in [2.24, 2.45) is 0 Å². The van der Waals surface area contributed by atoms with Crippen molar-refractivity contribution >= 4 is 17.3 Å². The molecule has 12 nitrogen and oxygen atoms in total. The molecule has 0 aromatic heterocycles. The highest BCUT2D eigenvalue weighted by Gasteiger charge is 2.55. The number of morpholine rings is 1. The Morgan fingerprint density at radius 3 is 2.59 bits per heavy atom. The summed E-state index contributed by atoms with van der Waals surface area (Å²) >= 11 is 0. The zero-order valence-corrected chi connectivity index (χ0v) is 24.2. The van der Waals surface area contributed by atoms with E-state index in [9.17, 15) is 34.1 Å². The smallest absolute Gasteiger partial charge is 0.201 e. The Balaban J connectivity index is 1.29. The average Bonchev–Trinajstić information content (AvgIpc) is 3.37. The standard InChI is InChI=1S/C31H32FNO11/c1-12-28-17(33-7-8-41-30(40-3)29(33)44-28)9-19(42-12)43-18-11-31(39,13(2)34)10-15-21(18)27(38)23-22(25(15)36)24(35)14-5-4-6-16(32)20(14)26(23)37/h4-6,12,17-19,28-30,36,38-39H,7-11H2,1-3H3/t12-,17-,18?,19-,28+,29+,30-,31-/m0/s1. The van der Waals surface area contributed by atoms with Crippen molar-refractivity contribution in [3.8, 4) is 11.5 Å². The number of carbonyl (C=O) groups is 3. The van der Waals surface area contributed by atoms with Crippen LogP contribution >= 0.6 is 0 Å². The Kier molecular flexibility index (Phi) is 6.94. The van der Waals surface area contributed by atoms with Crippen molar-refractivity contribution in [1.82, 2.24) is 4.90 Å². The van der Waals surface area contributed by atoms with Crippen LogP contribution in [0.15, 0.2) is 18.2 Å². The monoisotopic (exact) mass is 613 g/mol. The lowest BCUT2D eigenvalue weighted by atomic mass is 9.72. The van der Waals surface area contributed by atoms with E-state index in [-0.39, 0.29) is 35.3 Å². The molecule has 2 aromatic carbocycles. The fourth-order valence-corrected chi connectivity index (χ4v) is 7.42. The maximum atomic E-state index is 14.8. The molecule has 3 saturated heterocycles. The van der Waals surface area contributed by atoms with E-state index in [0.717, 1.165) is 6.07 Å². The van der Waals surface area contributed by atoms with Gasteiger partial charge in [0.2, 0.25) is 5.78 Å². The molecular weight excluding hydrogens is 581 g/mol. The number of phenolic OH excluding ortho intramolecular Hbond substituents is 2. The van der Waals surface area contributed by atoms with Crippen LogP contribution in [0.25, 0.3) is 0 Å². The second-order valence-electron chi connectivity index (χ2n) is 12.0. The third kappa shape index (κ3) is 4.18. The first-order valence-electron chi connectivity index (χ1n) is 14.5. The number of nitrogens with zero attached hydrogens (tertiary/aromatic N) is 1. The Morgan fingerprint density at radius 1 is 1.11 bits per heavy atom. The number of fused-ring (bicyclic) bond motifs is 6. The molecule has 0 bridgehead atoms. The number of rotatable bonds is 4. The predicted molar refractivity (Wildman–Crippen MR) is 146 cm³/mol. The second kappa shape index (κ2) is 10.4. The molecular formula is C31H32FNO11. The first-order valence-corrected chi connectivity index (χ1v) is 14.5. The van der Waals surface area contributed by atoms with Gasteiger partial charge in [-0.05, 0) is 19.9 Å². The van der Waals surface area contributed by atoms with Crippen molar-refractivity contribution in [3.63, 3.8) is 0 Å². The molecule has 3 aliphatic heterocycles. The molecule has 3 N–H and O–H groups in total. The zero-order valence-electron chi connectivity index (χ0n) is 24.2. The Labute approximate surface area is 251 Å². The van der Waals surface area contributed by atoms with E-state index in [1.54, 1.807) is 0 Å². The van der Waals surface area contributed by atoms with Gasteiger partial charge < -0.3 is 39.0 Å². The van der Waals surface area contributed by atoms with Crippen LogP contribution < -0.4 is 0 Å². The number of aromatic hydroxyl groups is 2. The summed E-state index contributed by atoms with van der Waals surface area (Å²) in [7, 11) is 1.54. The maximum Gasteiger partial charge on any atom is 0.201 e. The average molecular weight is 614 g/mol. The summed E-state index contributed by atoms with van der Waals surface area (Å²) in [5.74, 6) is -4.78. The van der Waals surface area contributed by atoms with Crippen LogP contribution in [0.1, 0.15) is 75.8 Å². The summed E-state index contributed by atoms with van der Waals surface area (Å²) in [6, 6.07) is 3.38. The predicted octanol–water partition coefficient (Wildman–Crippen LogP) is 1.87. The van der Waals surface area contributed by atoms with Gasteiger partial charge in [0.15, 0.2) is 30.4 Å². The number of benzene rings is 2. The lowest BCUT2D eigenvalue weighted by Gasteiger charge is -2.43. The summed E-state index contributed by atoms with van der Waals surface area (Å²) in [6.45, 7) is 4.02. The molecule has 0 radical (unpaired) electrons. The zero-order chi connectivity index (χ0) is 31.2. The van der Waals surface area contributed by atoms with Crippen molar-refractivity contribution in [3.05, 3.63) is 57.4 Å². The van der Waals surface area contributed by atoms with Crippen LogP contribution in [0.4, 0.5) is 4.39 Å². The number of hydrogen-bond donors (Lipinski definition) is 3. The number of methoxy groups -OCH3 is 1. The molecule has 8 atom stereocenters. The van der Waals surface area contributed by atoms with E-state index in [2.05, 4.69) is 4.90 Å². The summed E-state index contributed by atoms with van der Waals surface area (Å²) in [6.07, 6.45) is -4.47. The Bertz CT molecular complexity index is 1590. The number of ketones is 3. The number of hydrogen-bond acceptors (Lipinski definition) is 12. The largest absolute Gasteiger partial charge is 0.507 e. The van der Waals surface area contributed by atoms with Gasteiger partial charge in [0.1, 0.15) is 29.0 Å². The van der Waals surface area contributed by atoms with Crippen LogP contribution in [-0.4, -0.2) is 100 Å². The van der Waals surface area contributed by atoms with Crippen LogP contribution in [0.2, 0.25) is 0 Å². The van der Waals surface area contributed by atoms with E-state index in [1.807, 2.05) is 6.92 Å². The van der Waals surface area contributed by atoms with Crippen molar-refractivity contribution < 1.29 is 57.8 Å². The minimum Gasteiger partial charge on any atom is -0.507 e. The summed E-state index contributed by atoms with van der Waals surface area (Å²) in [5.41, 5.74) is -4.07. The minimum absolute atomic E-state index is 0.0714. The van der Waals surface area contributed by atoms with Crippen LogP contribution in [0.3, 0.4) is 0 Å². The molecule has 0 saturated carbocycles. The van der Waals surface area contributed by atoms with Gasteiger partial charge >= 0.3 is 0 Å². The third-order valence-corrected chi connectivity index (χ3v) is 9.60. The molecule has 7 rings (SSSR count). The van der Waals surface area contributed by atoms with Gasteiger partial charge in [-0.15, -0.1) is 0 Å². The molecule has 2 aromatic rings. The second-order valence-corrected chi connectivity index (χ2v) is 12.0. The molecule has 0 amide bonds. The fraction of sp³-hybridized carbons (Fsp3) is 0.516. The van der Waals surface area contributed by atoms with Crippen molar-refractivity contribution in [2.45, 2.75) is 81.9 Å². The summed E-state index contributed by atoms with van der Waals surface area (Å²) in [4.78, 5) is 41.8. The van der Waals surface area contributed by atoms with E-state index >= 15 is 0 Å². The first kappa shape index (κ1) is 29.4. The highest BCUT2D eigenvalue weighted by Crippen LogP contribution is 2.52. The lowest BCUT2D eigenvalue weighted by molar-refractivity contribution is -0.256. The van der Waals surface area contributed by atoms with Gasteiger partial charge in [-0.2, -0.15) is 0 Å². The van der Waals surface area contributed by atoms with Crippen molar-refractivity contribution in [2.75, 3.05) is 20.3 Å². The molecule has 3 heterocycles. The molecule has 44 heavy (non-hydrogen) atoms. The van der Waals surface area contributed by atoms with E-state index in [1.165, 1.54) is 26.2 Å². The molecule has 234 valence electrons. The van der Waals surface area contributed by atoms with Crippen molar-refractivity contribution in [1.29, 1.82) is 0 Å². The normalized spacial score (nSPS) is 34.5. The van der Waals surface area contributed by atoms with Gasteiger partial charge in [-0.3, -0.25) is 19.3 Å². The number of carbonyl (C=O) groups excluding carboxylic acids is 3. The fourth-order valence-electron chi connectivity index (χ4n) is 7.42. The summed E-state index contributed by atoms with van der Waals surface area (Å²) < 4.78 is 44.7. The molecule has 2 aliphatic carbocycles. The van der Waals surface area contributed by atoms with E-state index < -0.39 is 94.4 Å². The quantitative estimate of drug-likeness (QED) is 0.367. The van der Waals surface area contributed by atoms with Crippen LogP contribution in [0, 0.1) is 5.82 Å². The lowest BCUT2D eigenvalue weighted by Crippen LogP contribution is -2.55. The van der Waals surface area contributed by atoms with Crippen LogP contribution in [-0.2, 0) is 34.9 Å². The summed E-state index contributed by atoms with van der Waals surface area (Å²) in [5, 5.41) is 34.4. The SMILES string of the molecule is CO[C@H]1OCCN2[C@@H]1O[C@@H]1[C@H](C)O[C@@H](OC3C[C@](O)(C(C)=O)Cc4c(O)c5c(c(O)c43)C(=O)c3c(F)cccc3C5=O)C[C@@H]12. The number of aliphatic hydroxyl groups is 1. The Morgan fingerprint density at radius 2 is 1.86 bits per heavy atom. The molecule has 13 heteroatoms. The maximum absolute atomic E-state index is 14.8. The van der Waals surface area contributed by atoms with E-state index in [4.69, 9.17) is 23.7 Å². The topological polar surface area (TPSA) is 161 Å². The van der Waals surface area contributed by atoms with Gasteiger partial charge in [0.25, 0.3) is 0 Å².